The summed E-state index contributed by atoms with van der Waals surface area (Å²) in [7, 11) is 1.70. The molecule has 24 heavy (non-hydrogen) atoms. The Morgan fingerprint density at radius 3 is 2.17 bits per heavy atom. The number of rotatable bonds is 5. The molecule has 3 rings (SSSR count). The summed E-state index contributed by atoms with van der Waals surface area (Å²) in [5.74, 6) is 1.05. The summed E-state index contributed by atoms with van der Waals surface area (Å²) in [6.45, 7) is 8.71. The lowest BCUT2D eigenvalue weighted by atomic mass is 9.89. The summed E-state index contributed by atoms with van der Waals surface area (Å²) in [6, 6.07) is 12.7. The van der Waals surface area contributed by atoms with Crippen LogP contribution in [0.3, 0.4) is 0 Å². The van der Waals surface area contributed by atoms with Gasteiger partial charge in [-0.2, -0.15) is 0 Å². The molecule has 0 fully saturated rings. The lowest BCUT2D eigenvalue weighted by Crippen LogP contribution is -2.06. The topological polar surface area (TPSA) is 40.8 Å². The van der Waals surface area contributed by atoms with E-state index >= 15 is 0 Å². The minimum absolute atomic E-state index is 0.170. The van der Waals surface area contributed by atoms with E-state index < -0.39 is 0 Å². The third-order valence-corrected chi connectivity index (χ3v) is 4.89. The van der Waals surface area contributed by atoms with Crippen molar-refractivity contribution in [1.82, 2.24) is 9.97 Å². The zero-order chi connectivity index (χ0) is 17.3. The highest BCUT2D eigenvalue weighted by Gasteiger charge is 2.23. The molecule has 2 aromatic heterocycles. The maximum atomic E-state index is 5.31. The van der Waals surface area contributed by atoms with Crippen molar-refractivity contribution >= 4 is 0 Å². The molecule has 0 saturated carbocycles. The van der Waals surface area contributed by atoms with E-state index in [1.807, 2.05) is 12.1 Å². The molecule has 0 saturated heterocycles. The molecule has 3 nitrogen and oxygen atoms in total. The van der Waals surface area contributed by atoms with Gasteiger partial charge >= 0.3 is 0 Å². The van der Waals surface area contributed by atoms with Crippen LogP contribution >= 0.6 is 0 Å². The van der Waals surface area contributed by atoms with Crippen LogP contribution in [0, 0.1) is 20.8 Å². The zero-order valence-electron chi connectivity index (χ0n) is 15.2. The second kappa shape index (κ2) is 6.60. The minimum atomic E-state index is 0.170. The number of hydrogen-bond acceptors (Lipinski definition) is 1. The molecule has 2 N–H and O–H groups in total. The van der Waals surface area contributed by atoms with Crippen LogP contribution in [-0.2, 0) is 6.42 Å². The first kappa shape index (κ1) is 16.4. The standard InChI is InChI=1S/C21H26N2O/c1-6-18-14(3)21(23-15(18)4)20(19-12-7-13(2)22-19)16-8-10-17(24-5)11-9-16/h7-12,20,22-23H,6H2,1-5H3. The number of benzene rings is 1. The first-order valence-corrected chi connectivity index (χ1v) is 8.52. The summed E-state index contributed by atoms with van der Waals surface area (Å²) < 4.78 is 5.31. The van der Waals surface area contributed by atoms with E-state index in [0.29, 0.717) is 0 Å². The molecular formula is C21H26N2O. The van der Waals surface area contributed by atoms with Gasteiger partial charge in [-0.05, 0) is 68.1 Å². The van der Waals surface area contributed by atoms with E-state index in [1.54, 1.807) is 7.11 Å². The Balaban J connectivity index is 2.15. The average Bonchev–Trinajstić information content (AvgIpc) is 3.12. The van der Waals surface area contributed by atoms with Crippen LogP contribution in [0.1, 0.15) is 52.3 Å². The quantitative estimate of drug-likeness (QED) is 0.680. The Kier molecular flexibility index (Phi) is 4.52. The smallest absolute Gasteiger partial charge is 0.118 e. The monoisotopic (exact) mass is 322 g/mol. The van der Waals surface area contributed by atoms with Crippen LogP contribution < -0.4 is 4.74 Å². The first-order chi connectivity index (χ1) is 11.5. The number of aromatic amines is 2. The summed E-state index contributed by atoms with van der Waals surface area (Å²) in [5, 5.41) is 0. The van der Waals surface area contributed by atoms with Gasteiger partial charge in [0.1, 0.15) is 5.75 Å². The van der Waals surface area contributed by atoms with Crippen molar-refractivity contribution in [2.24, 2.45) is 0 Å². The van der Waals surface area contributed by atoms with Crippen molar-refractivity contribution in [3.63, 3.8) is 0 Å². The molecule has 3 heteroatoms. The van der Waals surface area contributed by atoms with Crippen molar-refractivity contribution < 1.29 is 4.74 Å². The number of nitrogens with one attached hydrogen (secondary N) is 2. The van der Waals surface area contributed by atoms with Gasteiger partial charge in [0.2, 0.25) is 0 Å². The number of H-pyrrole nitrogens is 2. The summed E-state index contributed by atoms with van der Waals surface area (Å²) in [5.41, 5.74) is 8.98. The highest BCUT2D eigenvalue weighted by atomic mass is 16.5. The van der Waals surface area contributed by atoms with E-state index in [4.69, 9.17) is 4.74 Å². The minimum Gasteiger partial charge on any atom is -0.497 e. The summed E-state index contributed by atoms with van der Waals surface area (Å²) in [6.07, 6.45) is 1.05. The Morgan fingerprint density at radius 1 is 0.958 bits per heavy atom. The molecule has 126 valence electrons. The Morgan fingerprint density at radius 2 is 1.67 bits per heavy atom. The van der Waals surface area contributed by atoms with Crippen molar-refractivity contribution in [3.8, 4) is 5.75 Å². The van der Waals surface area contributed by atoms with Crippen LogP contribution in [0.2, 0.25) is 0 Å². The molecule has 0 aliphatic carbocycles. The fraction of sp³-hybridized carbons (Fsp3) is 0.333. The lowest BCUT2D eigenvalue weighted by Gasteiger charge is -2.17. The third-order valence-electron chi connectivity index (χ3n) is 4.89. The number of aromatic nitrogens is 2. The van der Waals surface area contributed by atoms with Crippen LogP contribution in [0.4, 0.5) is 0 Å². The van der Waals surface area contributed by atoms with Crippen LogP contribution in [0.5, 0.6) is 5.75 Å². The molecule has 3 aromatic rings. The SMILES string of the molecule is CCc1c(C)[nH]c(C(c2ccc(OC)cc2)c2ccc(C)[nH]2)c1C. The normalized spacial score (nSPS) is 12.4. The predicted molar refractivity (Wildman–Crippen MR) is 99.1 cm³/mol. The van der Waals surface area contributed by atoms with E-state index in [-0.39, 0.29) is 5.92 Å². The molecule has 1 unspecified atom stereocenters. The van der Waals surface area contributed by atoms with Gasteiger partial charge in [0, 0.05) is 22.8 Å². The molecule has 2 heterocycles. The van der Waals surface area contributed by atoms with Gasteiger partial charge in [0.05, 0.1) is 13.0 Å². The van der Waals surface area contributed by atoms with E-state index in [9.17, 15) is 0 Å². The molecule has 0 aliphatic heterocycles. The van der Waals surface area contributed by atoms with Crippen molar-refractivity contribution in [3.05, 3.63) is 75.9 Å². The van der Waals surface area contributed by atoms with Gasteiger partial charge in [0.25, 0.3) is 0 Å². The highest BCUT2D eigenvalue weighted by molar-refractivity contribution is 5.47. The summed E-state index contributed by atoms with van der Waals surface area (Å²) in [4.78, 5) is 7.17. The predicted octanol–water partition coefficient (Wildman–Crippen LogP) is 5.02. The van der Waals surface area contributed by atoms with Gasteiger partial charge in [0.15, 0.2) is 0 Å². The molecule has 1 atom stereocenters. The second-order valence-electron chi connectivity index (χ2n) is 6.42. The first-order valence-electron chi connectivity index (χ1n) is 8.52. The lowest BCUT2D eigenvalue weighted by molar-refractivity contribution is 0.414. The molecule has 0 bridgehead atoms. The van der Waals surface area contributed by atoms with E-state index in [2.05, 4.69) is 61.9 Å². The Labute approximate surface area is 144 Å². The fourth-order valence-electron chi connectivity index (χ4n) is 3.63. The van der Waals surface area contributed by atoms with Crippen molar-refractivity contribution in [2.45, 2.75) is 40.0 Å². The van der Waals surface area contributed by atoms with Crippen molar-refractivity contribution in [2.75, 3.05) is 7.11 Å². The Hall–Kier alpha value is -2.42. The number of methoxy groups -OCH3 is 1. The number of aryl methyl sites for hydroxylation is 2. The summed E-state index contributed by atoms with van der Waals surface area (Å²) >= 11 is 0. The zero-order valence-corrected chi connectivity index (χ0v) is 15.2. The van der Waals surface area contributed by atoms with Gasteiger partial charge in [-0.15, -0.1) is 0 Å². The van der Waals surface area contributed by atoms with Crippen LogP contribution in [-0.4, -0.2) is 17.1 Å². The fourth-order valence-corrected chi connectivity index (χ4v) is 3.63. The van der Waals surface area contributed by atoms with Crippen LogP contribution in [0.15, 0.2) is 36.4 Å². The van der Waals surface area contributed by atoms with Crippen molar-refractivity contribution in [1.29, 1.82) is 0 Å². The van der Waals surface area contributed by atoms with Gasteiger partial charge < -0.3 is 14.7 Å². The maximum absolute atomic E-state index is 5.31. The largest absolute Gasteiger partial charge is 0.497 e. The molecule has 0 spiro atoms. The van der Waals surface area contributed by atoms with Gasteiger partial charge in [-0.25, -0.2) is 0 Å². The average molecular weight is 322 g/mol. The molecule has 0 radical (unpaired) electrons. The highest BCUT2D eigenvalue weighted by Crippen LogP contribution is 2.35. The molecule has 0 amide bonds. The third kappa shape index (κ3) is 2.86. The Bertz CT molecular complexity index is 824. The number of hydrogen-bond donors (Lipinski definition) is 2. The van der Waals surface area contributed by atoms with Gasteiger partial charge in [-0.1, -0.05) is 19.1 Å². The van der Waals surface area contributed by atoms with E-state index in [1.165, 1.54) is 39.5 Å². The molecule has 0 aliphatic rings. The maximum Gasteiger partial charge on any atom is 0.118 e. The second-order valence-corrected chi connectivity index (χ2v) is 6.42. The van der Waals surface area contributed by atoms with E-state index in [0.717, 1.165) is 12.2 Å². The van der Waals surface area contributed by atoms with Gasteiger partial charge in [-0.3, -0.25) is 0 Å². The molecule has 1 aromatic carbocycles. The van der Waals surface area contributed by atoms with Crippen LogP contribution in [0.25, 0.3) is 0 Å². The number of ether oxygens (including phenoxy) is 1. The molecular weight excluding hydrogens is 296 g/mol.